The molecule has 0 saturated carbocycles. The summed E-state index contributed by atoms with van der Waals surface area (Å²) in [5.74, 6) is 0.412. The predicted octanol–water partition coefficient (Wildman–Crippen LogP) is 5.53. The first-order valence-corrected chi connectivity index (χ1v) is 11.1. The minimum absolute atomic E-state index is 0.219. The van der Waals surface area contributed by atoms with Crippen LogP contribution in [0, 0.1) is 5.82 Å². The highest BCUT2D eigenvalue weighted by molar-refractivity contribution is 5.92. The topological polar surface area (TPSA) is 71.9 Å². The Morgan fingerprint density at radius 3 is 2.62 bits per heavy atom. The van der Waals surface area contributed by atoms with Crippen molar-refractivity contribution in [1.29, 1.82) is 0 Å². The number of aromatic nitrogens is 3. The molecule has 0 amide bonds. The number of nitrogens with zero attached hydrogens (tertiary/aromatic N) is 2. The van der Waals surface area contributed by atoms with Crippen LogP contribution in [0.2, 0.25) is 0 Å². The quantitative estimate of drug-likeness (QED) is 0.339. The highest BCUT2D eigenvalue weighted by Crippen LogP contribution is 2.29. The molecule has 3 aromatic carbocycles. The van der Waals surface area contributed by atoms with Crippen LogP contribution in [-0.2, 0) is 6.54 Å². The van der Waals surface area contributed by atoms with Gasteiger partial charge >= 0.3 is 0 Å². The predicted molar refractivity (Wildman–Crippen MR) is 132 cm³/mol. The summed E-state index contributed by atoms with van der Waals surface area (Å²) >= 11 is 0. The minimum Gasteiger partial charge on any atom is -0.494 e. The Hall–Kier alpha value is -4.39. The average Bonchev–Trinajstić information content (AvgIpc) is 3.22. The molecule has 6 nitrogen and oxygen atoms in total. The molecule has 170 valence electrons. The van der Waals surface area contributed by atoms with Crippen LogP contribution in [-0.4, -0.2) is 21.4 Å². The Balaban J connectivity index is 1.58. The van der Waals surface area contributed by atoms with Gasteiger partial charge in [0.1, 0.15) is 22.9 Å². The standard InChI is InChI=1S/C27H23FN4O2/c1-2-34-23-13-7-10-21(16-23)29-17-19-15-24-25(18-8-6-9-20(28)14-18)31-32(26(24)30-27(19)33)22-11-4-3-5-12-22/h3-16,29H,2,17H2,1H3,(H,30,33). The number of hydrogen-bond acceptors (Lipinski definition) is 4. The number of rotatable bonds is 7. The van der Waals surface area contributed by atoms with Gasteiger partial charge in [0.15, 0.2) is 0 Å². The molecule has 5 aromatic rings. The fourth-order valence-corrected chi connectivity index (χ4v) is 3.91. The number of nitrogens with one attached hydrogen (secondary N) is 2. The molecule has 0 spiro atoms. The molecule has 0 bridgehead atoms. The summed E-state index contributed by atoms with van der Waals surface area (Å²) in [5.41, 5.74) is 3.74. The number of hydrogen-bond donors (Lipinski definition) is 2. The zero-order valence-electron chi connectivity index (χ0n) is 18.6. The fourth-order valence-electron chi connectivity index (χ4n) is 3.91. The van der Waals surface area contributed by atoms with Crippen molar-refractivity contribution in [3.05, 3.63) is 107 Å². The van der Waals surface area contributed by atoms with E-state index in [2.05, 4.69) is 10.3 Å². The largest absolute Gasteiger partial charge is 0.494 e. The smallest absolute Gasteiger partial charge is 0.254 e. The third-order valence-electron chi connectivity index (χ3n) is 5.49. The van der Waals surface area contributed by atoms with Crippen LogP contribution in [0.4, 0.5) is 10.1 Å². The zero-order valence-corrected chi connectivity index (χ0v) is 18.6. The SMILES string of the molecule is CCOc1cccc(NCc2cc3c(-c4cccc(F)c4)nn(-c4ccccc4)c3[nH]c2=O)c1. The summed E-state index contributed by atoms with van der Waals surface area (Å²) in [5, 5.41) is 8.76. The molecule has 0 unspecified atom stereocenters. The third kappa shape index (κ3) is 4.28. The summed E-state index contributed by atoms with van der Waals surface area (Å²) in [6.07, 6.45) is 0. The van der Waals surface area contributed by atoms with Crippen molar-refractivity contribution in [1.82, 2.24) is 14.8 Å². The Morgan fingerprint density at radius 2 is 1.82 bits per heavy atom. The maximum Gasteiger partial charge on any atom is 0.254 e. The molecule has 0 aliphatic rings. The van der Waals surface area contributed by atoms with Gasteiger partial charge in [0.25, 0.3) is 5.56 Å². The molecule has 2 N–H and O–H groups in total. The van der Waals surface area contributed by atoms with E-state index in [1.165, 1.54) is 12.1 Å². The molecular formula is C27H23FN4O2. The zero-order chi connectivity index (χ0) is 23.5. The lowest BCUT2D eigenvalue weighted by atomic mass is 10.1. The summed E-state index contributed by atoms with van der Waals surface area (Å²) in [7, 11) is 0. The van der Waals surface area contributed by atoms with Crippen LogP contribution in [0.15, 0.2) is 89.7 Å². The van der Waals surface area contributed by atoms with E-state index < -0.39 is 0 Å². The van der Waals surface area contributed by atoms with Crippen molar-refractivity contribution in [2.75, 3.05) is 11.9 Å². The lowest BCUT2D eigenvalue weighted by Crippen LogP contribution is -2.16. The summed E-state index contributed by atoms with van der Waals surface area (Å²) in [4.78, 5) is 16.0. The van der Waals surface area contributed by atoms with Crippen molar-refractivity contribution in [2.24, 2.45) is 0 Å². The maximum atomic E-state index is 14.0. The maximum absolute atomic E-state index is 14.0. The van der Waals surface area contributed by atoms with Gasteiger partial charge in [-0.15, -0.1) is 0 Å². The molecule has 0 radical (unpaired) electrons. The van der Waals surface area contributed by atoms with E-state index in [1.54, 1.807) is 10.7 Å². The van der Waals surface area contributed by atoms with Gasteiger partial charge in [0.2, 0.25) is 0 Å². The Labute approximate surface area is 195 Å². The van der Waals surface area contributed by atoms with Gasteiger partial charge in [0, 0.05) is 34.8 Å². The fraction of sp³-hybridized carbons (Fsp3) is 0.111. The van der Waals surface area contributed by atoms with Crippen LogP contribution in [0.3, 0.4) is 0 Å². The van der Waals surface area contributed by atoms with Gasteiger partial charge in [-0.25, -0.2) is 9.07 Å². The molecule has 0 aliphatic heterocycles. The van der Waals surface area contributed by atoms with E-state index in [4.69, 9.17) is 9.84 Å². The molecule has 0 aliphatic carbocycles. The van der Waals surface area contributed by atoms with Crippen LogP contribution in [0.5, 0.6) is 5.75 Å². The van der Waals surface area contributed by atoms with E-state index in [0.29, 0.717) is 35.6 Å². The van der Waals surface area contributed by atoms with Crippen LogP contribution >= 0.6 is 0 Å². The molecular weight excluding hydrogens is 431 g/mol. The van der Waals surface area contributed by atoms with Gasteiger partial charge in [-0.3, -0.25) is 4.79 Å². The van der Waals surface area contributed by atoms with Crippen molar-refractivity contribution in [3.63, 3.8) is 0 Å². The lowest BCUT2D eigenvalue weighted by molar-refractivity contribution is 0.340. The normalized spacial score (nSPS) is 11.0. The van der Waals surface area contributed by atoms with E-state index in [-0.39, 0.29) is 11.4 Å². The summed E-state index contributed by atoms with van der Waals surface area (Å²) < 4.78 is 21.2. The first-order chi connectivity index (χ1) is 16.6. The van der Waals surface area contributed by atoms with E-state index in [1.807, 2.05) is 73.7 Å². The first-order valence-electron chi connectivity index (χ1n) is 11.1. The van der Waals surface area contributed by atoms with Gasteiger partial charge < -0.3 is 15.0 Å². The number of benzene rings is 3. The van der Waals surface area contributed by atoms with Gasteiger partial charge in [-0.05, 0) is 49.4 Å². The Morgan fingerprint density at radius 1 is 1.00 bits per heavy atom. The Kier molecular flexibility index (Phi) is 5.82. The van der Waals surface area contributed by atoms with Crippen LogP contribution in [0.1, 0.15) is 12.5 Å². The molecule has 5 rings (SSSR count). The number of H-pyrrole nitrogens is 1. The Bertz CT molecular complexity index is 1510. The molecule has 34 heavy (non-hydrogen) atoms. The molecule has 0 atom stereocenters. The van der Waals surface area contributed by atoms with Crippen LogP contribution in [0.25, 0.3) is 28.0 Å². The molecule has 0 saturated heterocycles. The molecule has 7 heteroatoms. The number of para-hydroxylation sites is 1. The van der Waals surface area contributed by atoms with Gasteiger partial charge in [-0.1, -0.05) is 36.4 Å². The molecule has 2 aromatic heterocycles. The van der Waals surface area contributed by atoms with Gasteiger partial charge in [0.05, 0.1) is 12.3 Å². The lowest BCUT2D eigenvalue weighted by Gasteiger charge is -2.09. The van der Waals surface area contributed by atoms with Gasteiger partial charge in [-0.2, -0.15) is 5.10 Å². The number of pyridine rings is 1. The highest BCUT2D eigenvalue weighted by Gasteiger charge is 2.17. The van der Waals surface area contributed by atoms with Crippen molar-refractivity contribution < 1.29 is 9.13 Å². The number of ether oxygens (including phenoxy) is 1. The minimum atomic E-state index is -0.347. The van der Waals surface area contributed by atoms with E-state index in [0.717, 1.165) is 22.5 Å². The van der Waals surface area contributed by atoms with Crippen LogP contribution < -0.4 is 15.6 Å². The number of aromatic amines is 1. The van der Waals surface area contributed by atoms with Crippen molar-refractivity contribution >= 4 is 16.7 Å². The second-order valence-electron chi connectivity index (χ2n) is 7.81. The second kappa shape index (κ2) is 9.23. The summed E-state index contributed by atoms with van der Waals surface area (Å²) in [6, 6.07) is 25.2. The number of halogens is 1. The van der Waals surface area contributed by atoms with Crippen molar-refractivity contribution in [2.45, 2.75) is 13.5 Å². The highest BCUT2D eigenvalue weighted by atomic mass is 19.1. The van der Waals surface area contributed by atoms with Crippen molar-refractivity contribution in [3.8, 4) is 22.7 Å². The monoisotopic (exact) mass is 454 g/mol. The average molecular weight is 455 g/mol. The second-order valence-corrected chi connectivity index (χ2v) is 7.81. The number of fused-ring (bicyclic) bond motifs is 1. The van der Waals surface area contributed by atoms with E-state index >= 15 is 0 Å². The van der Waals surface area contributed by atoms with E-state index in [9.17, 15) is 9.18 Å². The first kappa shape index (κ1) is 21.5. The molecule has 2 heterocycles. The summed E-state index contributed by atoms with van der Waals surface area (Å²) in [6.45, 7) is 2.81. The number of anilines is 1. The third-order valence-corrected chi connectivity index (χ3v) is 5.49. The molecule has 0 fully saturated rings.